The summed E-state index contributed by atoms with van der Waals surface area (Å²) in [5, 5.41) is 13.3. The molecule has 5 nitrogen and oxygen atoms in total. The van der Waals surface area contributed by atoms with Crippen molar-refractivity contribution in [2.24, 2.45) is 0 Å². The van der Waals surface area contributed by atoms with E-state index < -0.39 is 0 Å². The molecule has 1 atom stereocenters. The normalized spacial score (nSPS) is 15.2. The smallest absolute Gasteiger partial charge is 0.233 e. The van der Waals surface area contributed by atoms with Crippen LogP contribution >= 0.6 is 23.4 Å². The molecule has 0 saturated heterocycles. The molecule has 0 aliphatic heterocycles. The Morgan fingerprint density at radius 1 is 1.13 bits per heavy atom. The van der Waals surface area contributed by atoms with E-state index in [1.54, 1.807) is 0 Å². The van der Waals surface area contributed by atoms with Crippen LogP contribution in [0.2, 0.25) is 5.02 Å². The fourth-order valence-electron chi connectivity index (χ4n) is 4.02. The predicted molar refractivity (Wildman–Crippen MR) is 126 cm³/mol. The molecule has 4 rings (SSSR count). The van der Waals surface area contributed by atoms with Gasteiger partial charge in [-0.1, -0.05) is 85.6 Å². The lowest BCUT2D eigenvalue weighted by Crippen LogP contribution is -2.32. The summed E-state index contributed by atoms with van der Waals surface area (Å²) in [5.41, 5.74) is 1.97. The first-order valence-corrected chi connectivity index (χ1v) is 12.1. The molecule has 1 amide bonds. The summed E-state index contributed by atoms with van der Waals surface area (Å²) in [5.74, 6) is 0.816. The number of carbonyl (C=O) groups is 1. The molecule has 1 N–H and O–H groups in total. The third kappa shape index (κ3) is 5.13. The van der Waals surface area contributed by atoms with Gasteiger partial charge in [0, 0.05) is 18.2 Å². The van der Waals surface area contributed by atoms with E-state index in [1.165, 1.54) is 24.6 Å². The third-order valence-electron chi connectivity index (χ3n) is 5.69. The minimum atomic E-state index is -0.229. The Hall–Kier alpha value is -2.31. The average Bonchev–Trinajstić information content (AvgIpc) is 3.46. The first kappa shape index (κ1) is 21.9. The van der Waals surface area contributed by atoms with Crippen LogP contribution in [0.25, 0.3) is 11.4 Å². The van der Waals surface area contributed by atoms with Crippen LogP contribution in [-0.4, -0.2) is 25.9 Å². The fourth-order valence-corrected chi connectivity index (χ4v) is 5.29. The molecular formula is C24H27ClN4OS. The standard InChI is InChI=1S/C24H27ClN4OS/c1-2-21(23(30)26-16-17-10-4-3-5-11-17)31-24-28-27-22(19-14-8-9-15-20(19)25)29(24)18-12-6-7-13-18/h3-5,8-11,14-15,18,21H,2,6-7,12-13,16H2,1H3,(H,26,30). The molecule has 1 aliphatic rings. The second-order valence-corrected chi connectivity index (χ2v) is 9.39. The van der Waals surface area contributed by atoms with Crippen molar-refractivity contribution in [1.82, 2.24) is 20.1 Å². The van der Waals surface area contributed by atoms with Gasteiger partial charge in [-0.3, -0.25) is 9.36 Å². The summed E-state index contributed by atoms with van der Waals surface area (Å²) in [6.45, 7) is 2.56. The fraction of sp³-hybridized carbons (Fsp3) is 0.375. The van der Waals surface area contributed by atoms with E-state index >= 15 is 0 Å². The van der Waals surface area contributed by atoms with Gasteiger partial charge in [0.2, 0.25) is 5.91 Å². The van der Waals surface area contributed by atoms with Crippen molar-refractivity contribution in [2.75, 3.05) is 0 Å². The summed E-state index contributed by atoms with van der Waals surface area (Å²) in [7, 11) is 0. The van der Waals surface area contributed by atoms with Crippen molar-refractivity contribution in [3.05, 3.63) is 65.2 Å². The van der Waals surface area contributed by atoms with Crippen LogP contribution in [0.15, 0.2) is 59.8 Å². The maximum atomic E-state index is 12.9. The van der Waals surface area contributed by atoms with Gasteiger partial charge in [0.05, 0.1) is 10.3 Å². The van der Waals surface area contributed by atoms with Gasteiger partial charge in [-0.15, -0.1) is 10.2 Å². The monoisotopic (exact) mass is 454 g/mol. The highest BCUT2D eigenvalue weighted by molar-refractivity contribution is 8.00. The number of carbonyl (C=O) groups excluding carboxylic acids is 1. The lowest BCUT2D eigenvalue weighted by Gasteiger charge is -2.20. The van der Waals surface area contributed by atoms with Crippen LogP contribution in [0.1, 0.15) is 50.6 Å². The molecule has 0 bridgehead atoms. The van der Waals surface area contributed by atoms with E-state index in [9.17, 15) is 4.79 Å². The summed E-state index contributed by atoms with van der Waals surface area (Å²) in [6, 6.07) is 18.1. The summed E-state index contributed by atoms with van der Waals surface area (Å²) in [4.78, 5) is 12.9. The minimum Gasteiger partial charge on any atom is -0.351 e. The molecule has 31 heavy (non-hydrogen) atoms. The molecule has 1 fully saturated rings. The molecule has 1 aromatic heterocycles. The van der Waals surface area contributed by atoms with Crippen LogP contribution < -0.4 is 5.32 Å². The van der Waals surface area contributed by atoms with E-state index in [0.29, 0.717) is 24.0 Å². The molecule has 162 valence electrons. The second-order valence-electron chi connectivity index (χ2n) is 7.81. The number of nitrogens with one attached hydrogen (secondary N) is 1. The Morgan fingerprint density at radius 2 is 1.84 bits per heavy atom. The maximum Gasteiger partial charge on any atom is 0.233 e. The second kappa shape index (κ2) is 10.3. The lowest BCUT2D eigenvalue weighted by atomic mass is 10.2. The molecule has 1 aliphatic carbocycles. The Labute approximate surface area is 192 Å². The van der Waals surface area contributed by atoms with Gasteiger partial charge >= 0.3 is 0 Å². The van der Waals surface area contributed by atoms with Gasteiger partial charge in [0.25, 0.3) is 0 Å². The number of aromatic nitrogens is 3. The number of hydrogen-bond donors (Lipinski definition) is 1. The number of amides is 1. The molecule has 1 saturated carbocycles. The molecule has 7 heteroatoms. The maximum absolute atomic E-state index is 12.9. The van der Waals surface area contributed by atoms with Gasteiger partial charge < -0.3 is 5.32 Å². The SMILES string of the molecule is CCC(Sc1nnc(-c2ccccc2Cl)n1C1CCCC1)C(=O)NCc1ccccc1. The van der Waals surface area contributed by atoms with Crippen molar-refractivity contribution < 1.29 is 4.79 Å². The van der Waals surface area contributed by atoms with Crippen LogP contribution in [0.4, 0.5) is 0 Å². The topological polar surface area (TPSA) is 59.8 Å². The number of rotatable bonds is 8. The van der Waals surface area contributed by atoms with Gasteiger partial charge in [-0.25, -0.2) is 0 Å². The largest absolute Gasteiger partial charge is 0.351 e. The van der Waals surface area contributed by atoms with Crippen LogP contribution in [0, 0.1) is 0 Å². The highest BCUT2D eigenvalue weighted by Crippen LogP contribution is 2.39. The van der Waals surface area contributed by atoms with Crippen LogP contribution in [0.3, 0.4) is 0 Å². The van der Waals surface area contributed by atoms with Crippen molar-refractivity contribution in [3.8, 4) is 11.4 Å². The molecular weight excluding hydrogens is 428 g/mol. The molecule has 0 radical (unpaired) electrons. The van der Waals surface area contributed by atoms with Crippen molar-refractivity contribution in [2.45, 2.75) is 62.0 Å². The number of hydrogen-bond acceptors (Lipinski definition) is 4. The first-order valence-electron chi connectivity index (χ1n) is 10.9. The zero-order valence-electron chi connectivity index (χ0n) is 17.6. The van der Waals surface area contributed by atoms with E-state index in [1.807, 2.05) is 61.5 Å². The van der Waals surface area contributed by atoms with E-state index in [4.69, 9.17) is 11.6 Å². The number of thioether (sulfide) groups is 1. The van der Waals surface area contributed by atoms with Crippen LogP contribution in [-0.2, 0) is 11.3 Å². The highest BCUT2D eigenvalue weighted by Gasteiger charge is 2.28. The lowest BCUT2D eigenvalue weighted by molar-refractivity contribution is -0.120. The van der Waals surface area contributed by atoms with Crippen molar-refractivity contribution in [1.29, 1.82) is 0 Å². The Kier molecular flexibility index (Phi) is 7.30. The number of benzene rings is 2. The predicted octanol–water partition coefficient (Wildman–Crippen LogP) is 5.90. The number of halogens is 1. The van der Waals surface area contributed by atoms with E-state index in [-0.39, 0.29) is 11.2 Å². The number of nitrogens with zero attached hydrogens (tertiary/aromatic N) is 3. The minimum absolute atomic E-state index is 0.0246. The van der Waals surface area contributed by atoms with Crippen molar-refractivity contribution in [3.63, 3.8) is 0 Å². The Morgan fingerprint density at radius 3 is 2.55 bits per heavy atom. The van der Waals surface area contributed by atoms with Gasteiger partial charge in [0.15, 0.2) is 11.0 Å². The summed E-state index contributed by atoms with van der Waals surface area (Å²) < 4.78 is 2.21. The van der Waals surface area contributed by atoms with Gasteiger partial charge in [0.1, 0.15) is 0 Å². The third-order valence-corrected chi connectivity index (χ3v) is 7.34. The quantitative estimate of drug-likeness (QED) is 0.430. The average molecular weight is 455 g/mol. The van der Waals surface area contributed by atoms with Gasteiger partial charge in [-0.05, 0) is 37.0 Å². The molecule has 0 spiro atoms. The zero-order chi connectivity index (χ0) is 21.6. The zero-order valence-corrected chi connectivity index (χ0v) is 19.2. The van der Waals surface area contributed by atoms with Crippen LogP contribution in [0.5, 0.6) is 0 Å². The van der Waals surface area contributed by atoms with Gasteiger partial charge in [-0.2, -0.15) is 0 Å². The summed E-state index contributed by atoms with van der Waals surface area (Å²) in [6.07, 6.45) is 5.30. The Bertz CT molecular complexity index is 1020. The highest BCUT2D eigenvalue weighted by atomic mass is 35.5. The molecule has 1 heterocycles. The van der Waals surface area contributed by atoms with Crippen molar-refractivity contribution >= 4 is 29.3 Å². The van der Waals surface area contributed by atoms with E-state index in [0.717, 1.165) is 34.9 Å². The Balaban J connectivity index is 1.56. The van der Waals surface area contributed by atoms with E-state index in [2.05, 4.69) is 20.1 Å². The summed E-state index contributed by atoms with van der Waals surface area (Å²) >= 11 is 7.98. The molecule has 1 unspecified atom stereocenters. The molecule has 3 aromatic rings. The molecule has 2 aromatic carbocycles. The first-order chi connectivity index (χ1) is 15.2.